The average Bonchev–Trinajstić information content (AvgIpc) is 2.36. The lowest BCUT2D eigenvalue weighted by molar-refractivity contribution is -0.142. The first-order chi connectivity index (χ1) is 9.79. The molecule has 0 aliphatic carbocycles. The molecule has 0 amide bonds. The van der Waals surface area contributed by atoms with Crippen LogP contribution in [0.5, 0.6) is 0 Å². The van der Waals surface area contributed by atoms with Crippen LogP contribution in [-0.4, -0.2) is 36.4 Å². The minimum Gasteiger partial charge on any atom is -0.480 e. The summed E-state index contributed by atoms with van der Waals surface area (Å²) in [4.78, 5) is 11.2. The number of nitrogens with one attached hydrogen (secondary N) is 1. The molecule has 0 saturated carbocycles. The van der Waals surface area contributed by atoms with Gasteiger partial charge in [0, 0.05) is 16.6 Å². The predicted molar refractivity (Wildman–Crippen MR) is 81.0 cm³/mol. The van der Waals surface area contributed by atoms with Gasteiger partial charge in [0.15, 0.2) is 0 Å². The summed E-state index contributed by atoms with van der Waals surface area (Å²) in [6.07, 6.45) is 1.61. The molecule has 0 spiro atoms. The van der Waals surface area contributed by atoms with E-state index in [2.05, 4.69) is 4.72 Å². The van der Waals surface area contributed by atoms with Crippen LogP contribution in [0.4, 0.5) is 5.69 Å². The first-order valence-corrected chi connectivity index (χ1v) is 8.48. The van der Waals surface area contributed by atoms with Gasteiger partial charge in [0.25, 0.3) is 0 Å². The molecule has 2 rings (SSSR count). The molecule has 1 aromatic carbocycles. The number of anilines is 1. The lowest BCUT2D eigenvalue weighted by atomic mass is 10.1. The van der Waals surface area contributed by atoms with Crippen molar-refractivity contribution in [1.29, 1.82) is 0 Å². The van der Waals surface area contributed by atoms with E-state index in [1.807, 2.05) is 0 Å². The first-order valence-electron chi connectivity index (χ1n) is 6.28. The molecule has 0 bridgehead atoms. The summed E-state index contributed by atoms with van der Waals surface area (Å²) in [7, 11) is -3.98. The smallest absolute Gasteiger partial charge is 0.322 e. The number of piperidine rings is 1. The lowest BCUT2D eigenvalue weighted by Crippen LogP contribution is -2.49. The number of hydrogen-bond acceptors (Lipinski definition) is 3. The molecule has 1 atom stereocenters. The summed E-state index contributed by atoms with van der Waals surface area (Å²) >= 11 is 11.6. The van der Waals surface area contributed by atoms with E-state index in [4.69, 9.17) is 28.3 Å². The minimum atomic E-state index is -3.98. The maximum Gasteiger partial charge on any atom is 0.322 e. The fourth-order valence-electron chi connectivity index (χ4n) is 2.26. The maximum absolute atomic E-state index is 12.4. The highest BCUT2D eigenvalue weighted by atomic mass is 35.5. The molecule has 6 nitrogen and oxygen atoms in total. The average molecular weight is 353 g/mol. The Morgan fingerprint density at radius 1 is 1.24 bits per heavy atom. The van der Waals surface area contributed by atoms with Crippen LogP contribution in [0.3, 0.4) is 0 Å². The van der Waals surface area contributed by atoms with Gasteiger partial charge in [-0.2, -0.15) is 12.7 Å². The van der Waals surface area contributed by atoms with Crippen molar-refractivity contribution < 1.29 is 18.3 Å². The summed E-state index contributed by atoms with van der Waals surface area (Å²) in [5.74, 6) is -1.15. The molecule has 1 saturated heterocycles. The van der Waals surface area contributed by atoms with Crippen LogP contribution in [0, 0.1) is 0 Å². The van der Waals surface area contributed by atoms with E-state index in [1.165, 1.54) is 18.2 Å². The van der Waals surface area contributed by atoms with E-state index in [9.17, 15) is 13.2 Å². The van der Waals surface area contributed by atoms with Gasteiger partial charge in [0.2, 0.25) is 0 Å². The fraction of sp³-hybridized carbons (Fsp3) is 0.417. The third kappa shape index (κ3) is 4.00. The zero-order valence-electron chi connectivity index (χ0n) is 10.9. The number of carbonyl (C=O) groups is 1. The van der Waals surface area contributed by atoms with Crippen LogP contribution in [0.1, 0.15) is 19.3 Å². The van der Waals surface area contributed by atoms with E-state index >= 15 is 0 Å². The standard InChI is InChI=1S/C12H14Cl2N2O4S/c13-8-5-9(14)7-10(6-8)15-21(19,20)16-4-2-1-3-11(16)12(17)18/h5-7,11,15H,1-4H2,(H,17,18). The Hall–Kier alpha value is -1.02. The van der Waals surface area contributed by atoms with E-state index in [-0.39, 0.29) is 22.3 Å². The zero-order chi connectivity index (χ0) is 15.6. The zero-order valence-corrected chi connectivity index (χ0v) is 13.2. The third-order valence-electron chi connectivity index (χ3n) is 3.16. The molecule has 0 aromatic heterocycles. The van der Waals surface area contributed by atoms with Crippen molar-refractivity contribution in [2.45, 2.75) is 25.3 Å². The Morgan fingerprint density at radius 3 is 2.43 bits per heavy atom. The number of carboxylic acid groups (broad SMARTS) is 1. The lowest BCUT2D eigenvalue weighted by Gasteiger charge is -2.31. The molecule has 1 aliphatic heterocycles. The van der Waals surface area contributed by atoms with Crippen molar-refractivity contribution in [1.82, 2.24) is 4.31 Å². The van der Waals surface area contributed by atoms with Crippen LogP contribution >= 0.6 is 23.2 Å². The van der Waals surface area contributed by atoms with Gasteiger partial charge in [0.05, 0.1) is 5.69 Å². The Bertz CT molecular complexity index is 630. The molecule has 1 fully saturated rings. The maximum atomic E-state index is 12.4. The highest BCUT2D eigenvalue weighted by Crippen LogP contribution is 2.26. The van der Waals surface area contributed by atoms with Gasteiger partial charge in [-0.3, -0.25) is 9.52 Å². The topological polar surface area (TPSA) is 86.7 Å². The minimum absolute atomic E-state index is 0.167. The SMILES string of the molecule is O=C(O)C1CCCCN1S(=O)(=O)Nc1cc(Cl)cc(Cl)c1. The molecular formula is C12H14Cl2N2O4S. The molecule has 21 heavy (non-hydrogen) atoms. The summed E-state index contributed by atoms with van der Waals surface area (Å²) < 4.78 is 28.0. The number of rotatable bonds is 4. The van der Waals surface area contributed by atoms with E-state index in [1.54, 1.807) is 0 Å². The number of benzene rings is 1. The normalized spacial score (nSPS) is 20.2. The van der Waals surface area contributed by atoms with Gasteiger partial charge < -0.3 is 5.11 Å². The van der Waals surface area contributed by atoms with Crippen molar-refractivity contribution in [3.8, 4) is 0 Å². The number of carboxylic acids is 1. The Kier molecular flexibility index (Phi) is 4.98. The second kappa shape index (κ2) is 6.39. The first kappa shape index (κ1) is 16.4. The third-order valence-corrected chi connectivity index (χ3v) is 5.14. The summed E-state index contributed by atoms with van der Waals surface area (Å²) in [6, 6.07) is 3.24. The largest absolute Gasteiger partial charge is 0.480 e. The number of hydrogen-bond donors (Lipinski definition) is 2. The molecular weight excluding hydrogens is 339 g/mol. The highest BCUT2D eigenvalue weighted by Gasteiger charge is 2.36. The molecule has 1 aliphatic rings. The van der Waals surface area contributed by atoms with Gasteiger partial charge in [-0.1, -0.05) is 23.2 Å². The second-order valence-electron chi connectivity index (χ2n) is 4.73. The van der Waals surface area contributed by atoms with Gasteiger partial charge in [0.1, 0.15) is 6.04 Å². The van der Waals surface area contributed by atoms with E-state index in [0.29, 0.717) is 19.3 Å². The predicted octanol–water partition coefficient (Wildman–Crippen LogP) is 2.59. The fourth-order valence-corrected chi connectivity index (χ4v) is 4.22. The molecule has 116 valence electrons. The molecule has 9 heteroatoms. The second-order valence-corrected chi connectivity index (χ2v) is 7.22. The van der Waals surface area contributed by atoms with E-state index < -0.39 is 22.2 Å². The number of nitrogens with zero attached hydrogens (tertiary/aromatic N) is 1. The van der Waals surface area contributed by atoms with Crippen molar-refractivity contribution >= 4 is 45.1 Å². The molecule has 0 radical (unpaired) electrons. The van der Waals surface area contributed by atoms with Crippen molar-refractivity contribution in [3.63, 3.8) is 0 Å². The highest BCUT2D eigenvalue weighted by molar-refractivity contribution is 7.90. The van der Waals surface area contributed by atoms with Crippen LogP contribution in [0.15, 0.2) is 18.2 Å². The summed E-state index contributed by atoms with van der Waals surface area (Å²) in [5, 5.41) is 9.72. The van der Waals surface area contributed by atoms with E-state index in [0.717, 1.165) is 4.31 Å². The van der Waals surface area contributed by atoms with Crippen LogP contribution in [-0.2, 0) is 15.0 Å². The van der Waals surface area contributed by atoms with Crippen molar-refractivity contribution in [2.75, 3.05) is 11.3 Å². The van der Waals surface area contributed by atoms with Crippen molar-refractivity contribution in [3.05, 3.63) is 28.2 Å². The number of aliphatic carboxylic acids is 1. The van der Waals surface area contributed by atoms with Crippen LogP contribution in [0.2, 0.25) is 10.0 Å². The van der Waals surface area contributed by atoms with Gasteiger partial charge >= 0.3 is 16.2 Å². The molecule has 1 unspecified atom stereocenters. The Morgan fingerprint density at radius 2 is 1.86 bits per heavy atom. The van der Waals surface area contributed by atoms with Crippen LogP contribution < -0.4 is 4.72 Å². The van der Waals surface area contributed by atoms with Gasteiger partial charge in [-0.25, -0.2) is 0 Å². The van der Waals surface area contributed by atoms with Crippen molar-refractivity contribution in [2.24, 2.45) is 0 Å². The van der Waals surface area contributed by atoms with Gasteiger partial charge in [-0.05, 0) is 37.5 Å². The summed E-state index contributed by atoms with van der Waals surface area (Å²) in [6.45, 7) is 0.167. The summed E-state index contributed by atoms with van der Waals surface area (Å²) in [5.41, 5.74) is 0.196. The molecule has 2 N–H and O–H groups in total. The number of halogens is 2. The molecule has 1 heterocycles. The van der Waals surface area contributed by atoms with Gasteiger partial charge in [-0.15, -0.1) is 0 Å². The quantitative estimate of drug-likeness (QED) is 0.871. The van der Waals surface area contributed by atoms with Crippen LogP contribution in [0.25, 0.3) is 0 Å². The monoisotopic (exact) mass is 352 g/mol. The Balaban J connectivity index is 2.26. The molecule has 1 aromatic rings. The Labute approximate surface area is 132 Å².